The molecule has 0 amide bonds. The zero-order chi connectivity index (χ0) is 13.0. The van der Waals surface area contributed by atoms with Gasteiger partial charge in [-0.2, -0.15) is 0 Å². The topological polar surface area (TPSA) is 51.0 Å². The number of hydrogen-bond acceptors (Lipinski definition) is 4. The third-order valence-corrected chi connectivity index (χ3v) is 2.65. The van der Waals surface area contributed by atoms with Gasteiger partial charge in [0.25, 0.3) is 0 Å². The van der Waals surface area contributed by atoms with Gasteiger partial charge in [-0.15, -0.1) is 0 Å². The SMILES string of the molecule is CCCc1nc(Cl)cc(NCc2ccc(C)o2)n1. The second kappa shape index (κ2) is 5.87. The molecule has 2 aromatic heterocycles. The minimum Gasteiger partial charge on any atom is -0.465 e. The van der Waals surface area contributed by atoms with Crippen molar-refractivity contribution in [2.45, 2.75) is 33.2 Å². The molecule has 0 aromatic carbocycles. The molecule has 0 saturated heterocycles. The zero-order valence-electron chi connectivity index (χ0n) is 10.5. The Bertz CT molecular complexity index is 525. The van der Waals surface area contributed by atoms with Crippen molar-refractivity contribution in [1.29, 1.82) is 0 Å². The van der Waals surface area contributed by atoms with Crippen LogP contribution in [0.3, 0.4) is 0 Å². The molecule has 0 unspecified atom stereocenters. The van der Waals surface area contributed by atoms with E-state index in [1.165, 1.54) is 0 Å². The van der Waals surface area contributed by atoms with Crippen LogP contribution in [0, 0.1) is 6.92 Å². The van der Waals surface area contributed by atoms with Gasteiger partial charge in [0.2, 0.25) is 0 Å². The van der Waals surface area contributed by atoms with Gasteiger partial charge in [-0.3, -0.25) is 0 Å². The van der Waals surface area contributed by atoms with Gasteiger partial charge >= 0.3 is 0 Å². The molecule has 2 aromatic rings. The van der Waals surface area contributed by atoms with E-state index in [9.17, 15) is 0 Å². The molecule has 0 atom stereocenters. The lowest BCUT2D eigenvalue weighted by Gasteiger charge is -2.06. The van der Waals surface area contributed by atoms with Crippen molar-refractivity contribution >= 4 is 17.4 Å². The maximum absolute atomic E-state index is 5.96. The highest BCUT2D eigenvalue weighted by Gasteiger charge is 2.04. The van der Waals surface area contributed by atoms with Crippen molar-refractivity contribution in [3.05, 3.63) is 40.7 Å². The predicted octanol–water partition coefficient (Wildman–Crippen LogP) is 3.60. The molecule has 0 fully saturated rings. The Morgan fingerprint density at radius 1 is 1.33 bits per heavy atom. The minimum absolute atomic E-state index is 0.464. The summed E-state index contributed by atoms with van der Waals surface area (Å²) in [5, 5.41) is 3.65. The molecule has 0 saturated carbocycles. The number of aryl methyl sites for hydroxylation is 2. The van der Waals surface area contributed by atoms with Crippen LogP contribution in [-0.4, -0.2) is 9.97 Å². The summed E-state index contributed by atoms with van der Waals surface area (Å²) in [6.07, 6.45) is 1.83. The normalized spacial score (nSPS) is 10.6. The molecule has 5 heteroatoms. The summed E-state index contributed by atoms with van der Waals surface area (Å²) in [5.41, 5.74) is 0. The Kier molecular flexibility index (Phi) is 4.20. The number of anilines is 1. The summed E-state index contributed by atoms with van der Waals surface area (Å²) < 4.78 is 5.47. The summed E-state index contributed by atoms with van der Waals surface area (Å²) in [6, 6.07) is 5.60. The number of nitrogens with zero attached hydrogens (tertiary/aromatic N) is 2. The van der Waals surface area contributed by atoms with E-state index in [-0.39, 0.29) is 0 Å². The Balaban J connectivity index is 2.04. The summed E-state index contributed by atoms with van der Waals surface area (Å²) in [4.78, 5) is 8.57. The molecular formula is C13H16ClN3O. The Labute approximate surface area is 111 Å². The number of halogens is 1. The smallest absolute Gasteiger partial charge is 0.134 e. The van der Waals surface area contributed by atoms with E-state index < -0.39 is 0 Å². The number of furan rings is 1. The largest absolute Gasteiger partial charge is 0.465 e. The molecule has 0 spiro atoms. The van der Waals surface area contributed by atoms with Crippen molar-refractivity contribution in [2.24, 2.45) is 0 Å². The fraction of sp³-hybridized carbons (Fsp3) is 0.385. The summed E-state index contributed by atoms with van der Waals surface area (Å²) in [6.45, 7) is 4.60. The highest BCUT2D eigenvalue weighted by atomic mass is 35.5. The van der Waals surface area contributed by atoms with Gasteiger partial charge in [-0.1, -0.05) is 18.5 Å². The van der Waals surface area contributed by atoms with Crippen LogP contribution in [0.25, 0.3) is 0 Å². The lowest BCUT2D eigenvalue weighted by molar-refractivity contribution is 0.490. The molecule has 0 aliphatic rings. The fourth-order valence-electron chi connectivity index (χ4n) is 1.65. The molecule has 2 rings (SSSR count). The molecular weight excluding hydrogens is 250 g/mol. The van der Waals surface area contributed by atoms with Gasteiger partial charge in [-0.05, 0) is 25.5 Å². The molecule has 18 heavy (non-hydrogen) atoms. The van der Waals surface area contributed by atoms with Crippen LogP contribution in [0.5, 0.6) is 0 Å². The summed E-state index contributed by atoms with van der Waals surface area (Å²) in [7, 11) is 0. The maximum Gasteiger partial charge on any atom is 0.134 e. The van der Waals surface area contributed by atoms with E-state index in [2.05, 4.69) is 22.2 Å². The van der Waals surface area contributed by atoms with Crippen LogP contribution in [-0.2, 0) is 13.0 Å². The standard InChI is InChI=1S/C13H16ClN3O/c1-3-4-12-16-11(14)7-13(17-12)15-8-10-6-5-9(2)18-10/h5-7H,3-4,8H2,1-2H3,(H,15,16,17). The number of nitrogens with one attached hydrogen (secondary N) is 1. The minimum atomic E-state index is 0.464. The number of hydrogen-bond donors (Lipinski definition) is 1. The van der Waals surface area contributed by atoms with Gasteiger partial charge < -0.3 is 9.73 Å². The lowest BCUT2D eigenvalue weighted by atomic mass is 10.3. The second-order valence-electron chi connectivity index (χ2n) is 4.11. The first-order chi connectivity index (χ1) is 8.67. The van der Waals surface area contributed by atoms with Crippen LogP contribution in [0.2, 0.25) is 5.15 Å². The van der Waals surface area contributed by atoms with Crippen molar-refractivity contribution in [2.75, 3.05) is 5.32 Å². The van der Waals surface area contributed by atoms with E-state index >= 15 is 0 Å². The van der Waals surface area contributed by atoms with E-state index in [1.54, 1.807) is 6.07 Å². The number of rotatable bonds is 5. The maximum atomic E-state index is 5.96. The molecule has 0 aliphatic carbocycles. The molecule has 96 valence electrons. The fourth-order valence-corrected chi connectivity index (χ4v) is 1.85. The monoisotopic (exact) mass is 265 g/mol. The van der Waals surface area contributed by atoms with Gasteiger partial charge in [0.05, 0.1) is 6.54 Å². The van der Waals surface area contributed by atoms with Crippen LogP contribution in [0.1, 0.15) is 30.7 Å². The third-order valence-electron chi connectivity index (χ3n) is 2.45. The van der Waals surface area contributed by atoms with E-state index in [0.717, 1.165) is 36.0 Å². The quantitative estimate of drug-likeness (QED) is 0.840. The van der Waals surface area contributed by atoms with E-state index in [4.69, 9.17) is 16.0 Å². The number of aromatic nitrogens is 2. The molecule has 0 bridgehead atoms. The van der Waals surface area contributed by atoms with Gasteiger partial charge in [0.15, 0.2) is 0 Å². The zero-order valence-corrected chi connectivity index (χ0v) is 11.3. The van der Waals surface area contributed by atoms with Crippen molar-refractivity contribution in [3.63, 3.8) is 0 Å². The highest BCUT2D eigenvalue weighted by Crippen LogP contribution is 2.14. The van der Waals surface area contributed by atoms with Crippen molar-refractivity contribution in [3.8, 4) is 0 Å². The molecule has 2 heterocycles. The first-order valence-corrected chi connectivity index (χ1v) is 6.38. The average Bonchev–Trinajstić information content (AvgIpc) is 2.72. The Morgan fingerprint density at radius 2 is 2.17 bits per heavy atom. The molecule has 4 nitrogen and oxygen atoms in total. The highest BCUT2D eigenvalue weighted by molar-refractivity contribution is 6.29. The van der Waals surface area contributed by atoms with Gasteiger partial charge in [-0.25, -0.2) is 9.97 Å². The lowest BCUT2D eigenvalue weighted by Crippen LogP contribution is -2.04. The third kappa shape index (κ3) is 3.47. The summed E-state index contributed by atoms with van der Waals surface area (Å²) in [5.74, 6) is 3.27. The second-order valence-corrected chi connectivity index (χ2v) is 4.50. The van der Waals surface area contributed by atoms with Gasteiger partial charge in [0.1, 0.15) is 28.3 Å². The van der Waals surface area contributed by atoms with Crippen LogP contribution >= 0.6 is 11.6 Å². The van der Waals surface area contributed by atoms with Gasteiger partial charge in [0, 0.05) is 12.5 Å². The van der Waals surface area contributed by atoms with Crippen LogP contribution in [0.15, 0.2) is 22.6 Å². The first kappa shape index (κ1) is 12.9. The molecule has 1 N–H and O–H groups in total. The Morgan fingerprint density at radius 3 is 2.83 bits per heavy atom. The first-order valence-electron chi connectivity index (χ1n) is 6.00. The van der Waals surface area contributed by atoms with E-state index in [1.807, 2.05) is 19.1 Å². The average molecular weight is 266 g/mol. The predicted molar refractivity (Wildman–Crippen MR) is 71.8 cm³/mol. The van der Waals surface area contributed by atoms with Crippen molar-refractivity contribution in [1.82, 2.24) is 9.97 Å². The van der Waals surface area contributed by atoms with Crippen LogP contribution in [0.4, 0.5) is 5.82 Å². The molecule has 0 aliphatic heterocycles. The van der Waals surface area contributed by atoms with E-state index in [0.29, 0.717) is 11.7 Å². The molecule has 0 radical (unpaired) electrons. The Hall–Kier alpha value is -1.55. The van der Waals surface area contributed by atoms with Crippen LogP contribution < -0.4 is 5.32 Å². The van der Waals surface area contributed by atoms with Crippen molar-refractivity contribution < 1.29 is 4.42 Å². The summed E-state index contributed by atoms with van der Waals surface area (Å²) >= 11 is 5.96.